The third-order valence-electron chi connectivity index (χ3n) is 3.21. The number of nitrogens with one attached hydrogen (secondary N) is 1. The Hall–Kier alpha value is -1.13. The fraction of sp³-hybridized carbons (Fsp3) is 0.667. The van der Waals surface area contributed by atoms with Crippen molar-refractivity contribution in [1.29, 1.82) is 0 Å². The second kappa shape index (κ2) is 8.12. The molecule has 0 bridgehead atoms. The number of rotatable bonds is 7. The van der Waals surface area contributed by atoms with Crippen molar-refractivity contribution in [3.05, 3.63) is 23.9 Å². The van der Waals surface area contributed by atoms with Crippen LogP contribution in [0.5, 0.6) is 5.88 Å². The first-order valence-electron chi connectivity index (χ1n) is 7.29. The molecule has 1 unspecified atom stereocenters. The van der Waals surface area contributed by atoms with E-state index in [1.165, 1.54) is 12.8 Å². The fourth-order valence-electron chi connectivity index (χ4n) is 2.15. The molecule has 0 saturated carbocycles. The van der Waals surface area contributed by atoms with Crippen LogP contribution in [0.25, 0.3) is 0 Å². The molecule has 1 fully saturated rings. The smallest absolute Gasteiger partial charge is 0.213 e. The van der Waals surface area contributed by atoms with Crippen LogP contribution in [0.4, 0.5) is 0 Å². The monoisotopic (exact) mass is 264 g/mol. The zero-order valence-electron chi connectivity index (χ0n) is 11.7. The molecule has 1 aliphatic rings. The molecule has 1 aromatic heterocycles. The second-order valence-corrected chi connectivity index (χ2v) is 4.94. The van der Waals surface area contributed by atoms with Crippen LogP contribution in [0.2, 0.25) is 0 Å². The zero-order valence-corrected chi connectivity index (χ0v) is 11.7. The van der Waals surface area contributed by atoms with E-state index in [2.05, 4.69) is 17.2 Å². The Bertz CT molecular complexity index is 365. The summed E-state index contributed by atoms with van der Waals surface area (Å²) in [6.45, 7) is 5.44. The van der Waals surface area contributed by atoms with Gasteiger partial charge in [-0.25, -0.2) is 4.98 Å². The van der Waals surface area contributed by atoms with Crippen molar-refractivity contribution in [3.8, 4) is 5.88 Å². The molecule has 1 aromatic rings. The van der Waals surface area contributed by atoms with Crippen molar-refractivity contribution in [2.24, 2.45) is 0 Å². The number of nitrogens with zero attached hydrogens (tertiary/aromatic N) is 1. The van der Waals surface area contributed by atoms with Gasteiger partial charge in [0, 0.05) is 19.2 Å². The molecule has 0 radical (unpaired) electrons. The van der Waals surface area contributed by atoms with Gasteiger partial charge >= 0.3 is 0 Å². The van der Waals surface area contributed by atoms with Crippen LogP contribution >= 0.6 is 0 Å². The van der Waals surface area contributed by atoms with E-state index in [9.17, 15) is 0 Å². The lowest BCUT2D eigenvalue weighted by Gasteiger charge is -2.22. The first kappa shape index (κ1) is 14.3. The van der Waals surface area contributed by atoms with Crippen LogP contribution in [0.1, 0.15) is 38.3 Å². The van der Waals surface area contributed by atoms with Gasteiger partial charge in [-0.05, 0) is 38.3 Å². The summed E-state index contributed by atoms with van der Waals surface area (Å²) in [5, 5.41) is 3.34. The third-order valence-corrected chi connectivity index (χ3v) is 3.21. The van der Waals surface area contributed by atoms with Crippen molar-refractivity contribution >= 4 is 0 Å². The van der Waals surface area contributed by atoms with Gasteiger partial charge in [0.15, 0.2) is 0 Å². The average Bonchev–Trinajstić information content (AvgIpc) is 2.47. The molecule has 0 aliphatic carbocycles. The molecular weight excluding hydrogens is 240 g/mol. The number of ether oxygens (including phenoxy) is 2. The van der Waals surface area contributed by atoms with Gasteiger partial charge in [0.2, 0.25) is 5.88 Å². The van der Waals surface area contributed by atoms with Gasteiger partial charge < -0.3 is 14.8 Å². The first-order valence-corrected chi connectivity index (χ1v) is 7.29. The molecule has 1 saturated heterocycles. The summed E-state index contributed by atoms with van der Waals surface area (Å²) < 4.78 is 11.4. The van der Waals surface area contributed by atoms with E-state index in [-0.39, 0.29) is 6.10 Å². The molecule has 0 spiro atoms. The van der Waals surface area contributed by atoms with Crippen molar-refractivity contribution < 1.29 is 9.47 Å². The SMILES string of the molecule is CCCNCc1cccc(OCC2CCCCO2)n1. The maximum atomic E-state index is 5.73. The normalized spacial score (nSPS) is 19.3. The maximum absolute atomic E-state index is 5.73. The maximum Gasteiger partial charge on any atom is 0.213 e. The molecule has 2 rings (SSSR count). The van der Waals surface area contributed by atoms with Crippen LogP contribution in [-0.2, 0) is 11.3 Å². The minimum absolute atomic E-state index is 0.234. The van der Waals surface area contributed by atoms with Crippen molar-refractivity contribution in [2.45, 2.75) is 45.3 Å². The molecule has 2 heterocycles. The summed E-state index contributed by atoms with van der Waals surface area (Å²) in [4.78, 5) is 4.49. The summed E-state index contributed by atoms with van der Waals surface area (Å²) in [6.07, 6.45) is 4.88. The lowest BCUT2D eigenvalue weighted by Crippen LogP contribution is -2.26. The highest BCUT2D eigenvalue weighted by atomic mass is 16.5. The minimum atomic E-state index is 0.234. The number of aromatic nitrogens is 1. The molecule has 0 amide bonds. The summed E-state index contributed by atoms with van der Waals surface area (Å²) in [5.74, 6) is 0.699. The summed E-state index contributed by atoms with van der Waals surface area (Å²) in [7, 11) is 0. The van der Waals surface area contributed by atoms with Gasteiger partial charge in [-0.15, -0.1) is 0 Å². The predicted octanol–water partition coefficient (Wildman–Crippen LogP) is 2.53. The van der Waals surface area contributed by atoms with Gasteiger partial charge in [-0.2, -0.15) is 0 Å². The van der Waals surface area contributed by atoms with Crippen molar-refractivity contribution in [1.82, 2.24) is 10.3 Å². The highest BCUT2D eigenvalue weighted by Gasteiger charge is 2.14. The Morgan fingerprint density at radius 1 is 1.42 bits per heavy atom. The molecule has 4 nitrogen and oxygen atoms in total. The number of pyridine rings is 1. The Morgan fingerprint density at radius 2 is 2.37 bits per heavy atom. The van der Waals surface area contributed by atoms with Gasteiger partial charge in [-0.3, -0.25) is 0 Å². The molecule has 1 N–H and O–H groups in total. The average molecular weight is 264 g/mol. The predicted molar refractivity (Wildman–Crippen MR) is 75.3 cm³/mol. The fourth-order valence-corrected chi connectivity index (χ4v) is 2.15. The van der Waals surface area contributed by atoms with E-state index in [1.54, 1.807) is 0 Å². The van der Waals surface area contributed by atoms with Crippen LogP contribution < -0.4 is 10.1 Å². The minimum Gasteiger partial charge on any atom is -0.475 e. The molecule has 19 heavy (non-hydrogen) atoms. The Morgan fingerprint density at radius 3 is 3.16 bits per heavy atom. The summed E-state index contributed by atoms with van der Waals surface area (Å²) in [6, 6.07) is 5.92. The third kappa shape index (κ3) is 5.17. The van der Waals surface area contributed by atoms with E-state index < -0.39 is 0 Å². The highest BCUT2D eigenvalue weighted by Crippen LogP contribution is 2.14. The van der Waals surface area contributed by atoms with Crippen LogP contribution in [0, 0.1) is 0 Å². The second-order valence-electron chi connectivity index (χ2n) is 4.94. The Balaban J connectivity index is 1.77. The zero-order chi connectivity index (χ0) is 13.3. The molecule has 106 valence electrons. The lowest BCUT2D eigenvalue weighted by atomic mass is 10.1. The summed E-state index contributed by atoms with van der Waals surface area (Å²) >= 11 is 0. The van der Waals surface area contributed by atoms with E-state index >= 15 is 0 Å². The van der Waals surface area contributed by atoms with Gasteiger partial charge in [0.25, 0.3) is 0 Å². The number of hydrogen-bond acceptors (Lipinski definition) is 4. The standard InChI is InChI=1S/C15H24N2O2/c1-2-9-16-11-13-6-5-8-15(17-13)19-12-14-7-3-4-10-18-14/h5-6,8,14,16H,2-4,7,9-12H2,1H3. The van der Waals surface area contributed by atoms with Crippen LogP contribution in [-0.4, -0.2) is 30.8 Å². The van der Waals surface area contributed by atoms with Crippen LogP contribution in [0.3, 0.4) is 0 Å². The Labute approximate surface area is 115 Å². The molecule has 1 aliphatic heterocycles. The Kier molecular flexibility index (Phi) is 6.11. The van der Waals surface area contributed by atoms with Crippen molar-refractivity contribution in [3.63, 3.8) is 0 Å². The van der Waals surface area contributed by atoms with E-state index in [4.69, 9.17) is 9.47 Å². The first-order chi connectivity index (χ1) is 9.38. The van der Waals surface area contributed by atoms with E-state index in [0.29, 0.717) is 12.5 Å². The molecule has 4 heteroatoms. The van der Waals surface area contributed by atoms with Crippen molar-refractivity contribution in [2.75, 3.05) is 19.8 Å². The molecular formula is C15H24N2O2. The molecule has 1 atom stereocenters. The van der Waals surface area contributed by atoms with Crippen LogP contribution in [0.15, 0.2) is 18.2 Å². The summed E-state index contributed by atoms with van der Waals surface area (Å²) in [5.41, 5.74) is 1.02. The van der Waals surface area contributed by atoms with Gasteiger partial charge in [0.05, 0.1) is 11.8 Å². The lowest BCUT2D eigenvalue weighted by molar-refractivity contribution is -0.0119. The largest absolute Gasteiger partial charge is 0.475 e. The van der Waals surface area contributed by atoms with Gasteiger partial charge in [-0.1, -0.05) is 13.0 Å². The number of hydrogen-bond donors (Lipinski definition) is 1. The topological polar surface area (TPSA) is 43.4 Å². The quantitative estimate of drug-likeness (QED) is 0.769. The molecule has 0 aromatic carbocycles. The van der Waals surface area contributed by atoms with Gasteiger partial charge in [0.1, 0.15) is 6.61 Å². The van der Waals surface area contributed by atoms with E-state index in [1.807, 2.05) is 18.2 Å². The van der Waals surface area contributed by atoms with E-state index in [0.717, 1.165) is 38.2 Å². The highest BCUT2D eigenvalue weighted by molar-refractivity contribution is 5.15.